The van der Waals surface area contributed by atoms with Crippen LogP contribution in [-0.4, -0.2) is 34.4 Å². The number of rotatable bonds is 8. The molecule has 1 heterocycles. The quantitative estimate of drug-likeness (QED) is 0.471. The number of anilines is 1. The van der Waals surface area contributed by atoms with Gasteiger partial charge in [0.25, 0.3) is 6.26 Å². The van der Waals surface area contributed by atoms with E-state index in [4.69, 9.17) is 5.26 Å². The molecule has 0 unspecified atom stereocenters. The third-order valence-corrected chi connectivity index (χ3v) is 2.17. The highest BCUT2D eigenvalue weighted by atomic mass is 16.5. The van der Waals surface area contributed by atoms with Crippen LogP contribution in [-0.2, 0) is 4.74 Å². The van der Waals surface area contributed by atoms with Crippen LogP contribution in [0.3, 0.4) is 0 Å². The lowest BCUT2D eigenvalue weighted by Gasteiger charge is -2.04. The van der Waals surface area contributed by atoms with Crippen LogP contribution in [0.2, 0.25) is 0 Å². The highest BCUT2D eigenvalue weighted by Crippen LogP contribution is 1.99. The minimum absolute atomic E-state index is 0.306. The van der Waals surface area contributed by atoms with E-state index in [1.807, 2.05) is 0 Å². The van der Waals surface area contributed by atoms with Gasteiger partial charge in [0.05, 0.1) is 0 Å². The zero-order chi connectivity index (χ0) is 13.1. The number of H-pyrrole nitrogens is 1. The number of amides is 2. The average Bonchev–Trinajstić information content (AvgIpc) is 2.85. The number of nitrogens with zero attached hydrogens (tertiary/aromatic N) is 3. The van der Waals surface area contributed by atoms with Crippen LogP contribution in [0.25, 0.3) is 0 Å². The summed E-state index contributed by atoms with van der Waals surface area (Å²) in [4.78, 5) is 15.1. The normalized spacial score (nSPS) is 9.50. The van der Waals surface area contributed by atoms with Gasteiger partial charge >= 0.3 is 6.03 Å². The van der Waals surface area contributed by atoms with Crippen molar-refractivity contribution >= 4 is 12.0 Å². The standard InChI is InChI=1S/C10H16N6O2/c11-7-18-6-4-2-1-3-5-12-10(17)15-9-13-8-14-16-9/h8H,1-6H2,(H3,12,13,14,15,16,17). The summed E-state index contributed by atoms with van der Waals surface area (Å²) in [6.07, 6.45) is 6.65. The molecular formula is C10H16N6O2. The largest absolute Gasteiger partial charge is 0.428 e. The monoisotopic (exact) mass is 252 g/mol. The van der Waals surface area contributed by atoms with Gasteiger partial charge in [0.1, 0.15) is 12.9 Å². The van der Waals surface area contributed by atoms with Crippen molar-refractivity contribution < 1.29 is 9.53 Å². The van der Waals surface area contributed by atoms with E-state index in [9.17, 15) is 4.79 Å². The summed E-state index contributed by atoms with van der Waals surface area (Å²) in [5, 5.41) is 19.5. The number of carbonyl (C=O) groups is 1. The van der Waals surface area contributed by atoms with E-state index < -0.39 is 0 Å². The molecule has 0 bridgehead atoms. The van der Waals surface area contributed by atoms with E-state index in [0.717, 1.165) is 25.7 Å². The van der Waals surface area contributed by atoms with Crippen molar-refractivity contribution in [2.45, 2.75) is 25.7 Å². The molecule has 0 aromatic carbocycles. The van der Waals surface area contributed by atoms with Crippen molar-refractivity contribution in [1.29, 1.82) is 5.26 Å². The molecule has 1 aromatic rings. The molecule has 98 valence electrons. The maximum Gasteiger partial charge on any atom is 0.321 e. The number of nitriles is 1. The molecule has 0 atom stereocenters. The van der Waals surface area contributed by atoms with Crippen LogP contribution in [0.1, 0.15) is 25.7 Å². The van der Waals surface area contributed by atoms with Gasteiger partial charge in [-0.05, 0) is 19.3 Å². The number of nitrogens with one attached hydrogen (secondary N) is 3. The summed E-state index contributed by atoms with van der Waals surface area (Å²) in [6, 6.07) is -0.306. The first-order valence-corrected chi connectivity index (χ1v) is 5.74. The summed E-state index contributed by atoms with van der Waals surface area (Å²) in [5.74, 6) is 0.321. The van der Waals surface area contributed by atoms with Crippen molar-refractivity contribution in [2.75, 3.05) is 18.5 Å². The maximum absolute atomic E-state index is 11.3. The Bertz CT molecular complexity index is 372. The van der Waals surface area contributed by atoms with Crippen LogP contribution < -0.4 is 10.6 Å². The molecule has 8 nitrogen and oxygen atoms in total. The van der Waals surface area contributed by atoms with E-state index >= 15 is 0 Å². The Kier molecular flexibility index (Phi) is 6.73. The number of hydrogen-bond donors (Lipinski definition) is 3. The van der Waals surface area contributed by atoms with Gasteiger partial charge in [-0.25, -0.2) is 9.89 Å². The minimum Gasteiger partial charge on any atom is -0.428 e. The van der Waals surface area contributed by atoms with Gasteiger partial charge in [0.15, 0.2) is 0 Å². The highest BCUT2D eigenvalue weighted by Gasteiger charge is 2.01. The average molecular weight is 252 g/mol. The Morgan fingerprint density at radius 2 is 2.28 bits per heavy atom. The molecule has 0 radical (unpaired) electrons. The fourth-order valence-electron chi connectivity index (χ4n) is 1.32. The van der Waals surface area contributed by atoms with Crippen LogP contribution in [0, 0.1) is 11.5 Å². The lowest BCUT2D eigenvalue weighted by atomic mass is 10.2. The second-order valence-electron chi connectivity index (χ2n) is 3.57. The molecule has 0 aliphatic carbocycles. The summed E-state index contributed by atoms with van der Waals surface area (Å²) in [7, 11) is 0. The molecular weight excluding hydrogens is 236 g/mol. The summed E-state index contributed by atoms with van der Waals surface area (Å²) < 4.78 is 4.55. The smallest absolute Gasteiger partial charge is 0.321 e. The zero-order valence-electron chi connectivity index (χ0n) is 9.98. The van der Waals surface area contributed by atoms with E-state index in [1.54, 1.807) is 6.26 Å². The molecule has 0 fully saturated rings. The zero-order valence-corrected chi connectivity index (χ0v) is 9.98. The lowest BCUT2D eigenvalue weighted by molar-refractivity contribution is 0.251. The first kappa shape index (κ1) is 13.8. The topological polar surface area (TPSA) is 116 Å². The Balaban J connectivity index is 1.91. The molecule has 3 N–H and O–H groups in total. The number of carbonyl (C=O) groups excluding carboxylic acids is 1. The Hall–Kier alpha value is -2.30. The van der Waals surface area contributed by atoms with Gasteiger partial charge in [-0.1, -0.05) is 6.42 Å². The highest BCUT2D eigenvalue weighted by molar-refractivity contribution is 5.87. The Morgan fingerprint density at radius 3 is 3.00 bits per heavy atom. The summed E-state index contributed by atoms with van der Waals surface area (Å²) in [6.45, 7) is 1.06. The van der Waals surface area contributed by atoms with Crippen LogP contribution in [0.4, 0.5) is 10.7 Å². The van der Waals surface area contributed by atoms with Crippen molar-refractivity contribution in [2.24, 2.45) is 0 Å². The SMILES string of the molecule is N#COCCCCCCNC(=O)Nc1ncn[nH]1. The predicted octanol–water partition coefficient (Wildman–Crippen LogP) is 0.984. The van der Waals surface area contributed by atoms with Crippen LogP contribution in [0.15, 0.2) is 6.33 Å². The first-order valence-electron chi connectivity index (χ1n) is 5.74. The third kappa shape index (κ3) is 6.32. The molecule has 2 amide bonds. The number of aromatic nitrogens is 3. The van der Waals surface area contributed by atoms with Gasteiger partial charge in [-0.15, -0.1) is 0 Å². The number of ether oxygens (including phenoxy) is 1. The molecule has 0 saturated heterocycles. The van der Waals surface area contributed by atoms with Gasteiger partial charge in [0.2, 0.25) is 5.95 Å². The molecule has 8 heteroatoms. The molecule has 0 aliphatic rings. The minimum atomic E-state index is -0.306. The van der Waals surface area contributed by atoms with Crippen LogP contribution >= 0.6 is 0 Å². The fourth-order valence-corrected chi connectivity index (χ4v) is 1.32. The molecule has 0 aliphatic heterocycles. The number of unbranched alkanes of at least 4 members (excludes halogenated alkanes) is 3. The van der Waals surface area contributed by atoms with Crippen molar-refractivity contribution in [3.63, 3.8) is 0 Å². The Morgan fingerprint density at radius 1 is 1.44 bits per heavy atom. The second-order valence-corrected chi connectivity index (χ2v) is 3.57. The second kappa shape index (κ2) is 8.81. The number of hydrogen-bond acceptors (Lipinski definition) is 5. The lowest BCUT2D eigenvalue weighted by Crippen LogP contribution is -2.29. The van der Waals surface area contributed by atoms with Crippen molar-refractivity contribution in [3.05, 3.63) is 6.33 Å². The summed E-state index contributed by atoms with van der Waals surface area (Å²) in [5.41, 5.74) is 0. The first-order chi connectivity index (χ1) is 8.83. The third-order valence-electron chi connectivity index (χ3n) is 2.17. The van der Waals surface area contributed by atoms with E-state index in [1.165, 1.54) is 6.33 Å². The summed E-state index contributed by atoms with van der Waals surface area (Å²) >= 11 is 0. The molecule has 0 spiro atoms. The molecule has 0 saturated carbocycles. The Labute approximate surface area is 105 Å². The van der Waals surface area contributed by atoms with Crippen molar-refractivity contribution in [1.82, 2.24) is 20.5 Å². The maximum atomic E-state index is 11.3. The molecule has 1 aromatic heterocycles. The van der Waals surface area contributed by atoms with E-state index in [0.29, 0.717) is 19.1 Å². The van der Waals surface area contributed by atoms with Gasteiger partial charge in [-0.2, -0.15) is 15.3 Å². The van der Waals surface area contributed by atoms with Gasteiger partial charge < -0.3 is 10.1 Å². The molecule has 18 heavy (non-hydrogen) atoms. The molecule has 1 rings (SSSR count). The fraction of sp³-hybridized carbons (Fsp3) is 0.600. The van der Waals surface area contributed by atoms with Crippen molar-refractivity contribution in [3.8, 4) is 6.26 Å². The van der Waals surface area contributed by atoms with Crippen LogP contribution in [0.5, 0.6) is 0 Å². The van der Waals surface area contributed by atoms with Gasteiger partial charge in [0, 0.05) is 6.54 Å². The number of aromatic amines is 1. The van der Waals surface area contributed by atoms with Gasteiger partial charge in [-0.3, -0.25) is 5.32 Å². The number of urea groups is 1. The van der Waals surface area contributed by atoms with E-state index in [-0.39, 0.29) is 6.03 Å². The van der Waals surface area contributed by atoms with E-state index in [2.05, 4.69) is 30.6 Å². The predicted molar refractivity (Wildman–Crippen MR) is 63.4 cm³/mol.